The molecule has 0 radical (unpaired) electrons. The predicted molar refractivity (Wildman–Crippen MR) is 89.8 cm³/mol. The SMILES string of the molecule is CCC(N)C(Oc1ccc(Cl)c(C)c1)c1cc(Br)cs1. The van der Waals surface area contributed by atoms with Crippen molar-refractivity contribution in [2.75, 3.05) is 0 Å². The average Bonchev–Trinajstić information content (AvgIpc) is 2.85. The Labute approximate surface area is 137 Å². The molecule has 2 unspecified atom stereocenters. The van der Waals surface area contributed by atoms with E-state index in [2.05, 4.69) is 28.9 Å². The molecule has 0 amide bonds. The second-order valence-corrected chi connectivity index (χ2v) is 6.95. The Morgan fingerprint density at radius 1 is 1.40 bits per heavy atom. The van der Waals surface area contributed by atoms with Gasteiger partial charge in [0.25, 0.3) is 0 Å². The van der Waals surface area contributed by atoms with Crippen molar-refractivity contribution in [3.8, 4) is 5.75 Å². The molecule has 2 N–H and O–H groups in total. The number of rotatable bonds is 5. The number of hydrogen-bond acceptors (Lipinski definition) is 3. The van der Waals surface area contributed by atoms with Crippen LogP contribution in [0.2, 0.25) is 5.02 Å². The topological polar surface area (TPSA) is 35.2 Å². The van der Waals surface area contributed by atoms with E-state index in [0.29, 0.717) is 0 Å². The van der Waals surface area contributed by atoms with Crippen molar-refractivity contribution < 1.29 is 4.74 Å². The number of benzene rings is 1. The standard InChI is InChI=1S/C15H17BrClNOS/c1-3-13(18)15(14-7-10(16)8-20-14)19-11-4-5-12(17)9(2)6-11/h4-8,13,15H,3,18H2,1-2H3. The molecule has 0 saturated heterocycles. The maximum atomic E-state index is 6.21. The van der Waals surface area contributed by atoms with Gasteiger partial charge < -0.3 is 10.5 Å². The highest BCUT2D eigenvalue weighted by molar-refractivity contribution is 9.10. The van der Waals surface area contributed by atoms with E-state index in [4.69, 9.17) is 22.1 Å². The van der Waals surface area contributed by atoms with Gasteiger partial charge in [-0.05, 0) is 59.1 Å². The first-order valence-electron chi connectivity index (χ1n) is 6.43. The van der Waals surface area contributed by atoms with E-state index in [0.717, 1.165) is 32.1 Å². The summed E-state index contributed by atoms with van der Waals surface area (Å²) in [4.78, 5) is 1.12. The number of aryl methyl sites for hydroxylation is 1. The fourth-order valence-corrected chi connectivity index (χ4v) is 3.55. The highest BCUT2D eigenvalue weighted by Crippen LogP contribution is 2.32. The van der Waals surface area contributed by atoms with Gasteiger partial charge in [-0.1, -0.05) is 18.5 Å². The van der Waals surface area contributed by atoms with Crippen LogP contribution in [0.15, 0.2) is 34.1 Å². The van der Waals surface area contributed by atoms with Crippen LogP contribution in [0.1, 0.15) is 29.9 Å². The van der Waals surface area contributed by atoms with Crippen molar-refractivity contribution in [1.29, 1.82) is 0 Å². The van der Waals surface area contributed by atoms with Crippen molar-refractivity contribution in [1.82, 2.24) is 0 Å². The molecule has 0 aliphatic heterocycles. The zero-order valence-corrected chi connectivity index (χ0v) is 14.6. The fraction of sp³-hybridized carbons (Fsp3) is 0.333. The van der Waals surface area contributed by atoms with Gasteiger partial charge in [0, 0.05) is 25.8 Å². The number of hydrogen-bond donors (Lipinski definition) is 1. The van der Waals surface area contributed by atoms with Gasteiger partial charge in [0.2, 0.25) is 0 Å². The van der Waals surface area contributed by atoms with Crippen LogP contribution >= 0.6 is 38.9 Å². The Bertz CT molecular complexity index is 587. The molecular weight excluding hydrogens is 358 g/mol. The molecular formula is C15H17BrClNOS. The number of thiophene rings is 1. The third-order valence-electron chi connectivity index (χ3n) is 3.12. The summed E-state index contributed by atoms with van der Waals surface area (Å²) >= 11 is 11.2. The summed E-state index contributed by atoms with van der Waals surface area (Å²) in [6.07, 6.45) is 0.712. The van der Waals surface area contributed by atoms with E-state index in [1.807, 2.05) is 30.5 Å². The Morgan fingerprint density at radius 2 is 2.15 bits per heavy atom. The average molecular weight is 375 g/mol. The highest BCUT2D eigenvalue weighted by Gasteiger charge is 2.22. The quantitative estimate of drug-likeness (QED) is 0.767. The molecule has 1 heterocycles. The van der Waals surface area contributed by atoms with E-state index >= 15 is 0 Å². The Balaban J connectivity index is 2.25. The molecule has 20 heavy (non-hydrogen) atoms. The minimum atomic E-state index is -0.142. The van der Waals surface area contributed by atoms with Gasteiger partial charge in [0.05, 0.1) is 0 Å². The third-order valence-corrected chi connectivity index (χ3v) is 5.30. The summed E-state index contributed by atoms with van der Waals surface area (Å²) in [5.74, 6) is 0.797. The van der Waals surface area contributed by atoms with E-state index in [9.17, 15) is 0 Å². The number of nitrogens with two attached hydrogens (primary N) is 1. The Hall–Kier alpha value is -0.550. The normalized spacial score (nSPS) is 14.1. The first-order chi connectivity index (χ1) is 9.51. The maximum absolute atomic E-state index is 6.21. The van der Waals surface area contributed by atoms with E-state index in [1.54, 1.807) is 11.3 Å². The summed E-state index contributed by atoms with van der Waals surface area (Å²) in [6, 6.07) is 7.70. The molecule has 1 aromatic carbocycles. The summed E-state index contributed by atoms with van der Waals surface area (Å²) in [7, 11) is 0. The molecule has 5 heteroatoms. The molecule has 2 atom stereocenters. The van der Waals surface area contributed by atoms with Gasteiger partial charge in [0.1, 0.15) is 11.9 Å². The van der Waals surface area contributed by atoms with Crippen molar-refractivity contribution >= 4 is 38.9 Å². The molecule has 0 spiro atoms. The summed E-state index contributed by atoms with van der Waals surface area (Å²) in [6.45, 7) is 4.03. The van der Waals surface area contributed by atoms with Gasteiger partial charge in [-0.2, -0.15) is 0 Å². The molecule has 0 aliphatic carbocycles. The van der Waals surface area contributed by atoms with Crippen LogP contribution < -0.4 is 10.5 Å². The van der Waals surface area contributed by atoms with Crippen LogP contribution in [-0.4, -0.2) is 6.04 Å². The number of halogens is 2. The smallest absolute Gasteiger partial charge is 0.148 e. The van der Waals surface area contributed by atoms with Crippen LogP contribution in [0.3, 0.4) is 0 Å². The fourth-order valence-electron chi connectivity index (χ4n) is 1.89. The maximum Gasteiger partial charge on any atom is 0.148 e. The van der Waals surface area contributed by atoms with Crippen molar-refractivity contribution in [3.63, 3.8) is 0 Å². The minimum absolute atomic E-state index is 0.0449. The molecule has 0 aliphatic rings. The second kappa shape index (κ2) is 6.94. The Kier molecular flexibility index (Phi) is 5.49. The van der Waals surface area contributed by atoms with Crippen LogP contribution in [0.25, 0.3) is 0 Å². The molecule has 2 rings (SSSR count). The van der Waals surface area contributed by atoms with Gasteiger partial charge in [0.15, 0.2) is 0 Å². The van der Waals surface area contributed by atoms with Crippen molar-refractivity contribution in [2.24, 2.45) is 5.73 Å². The van der Waals surface area contributed by atoms with Gasteiger partial charge >= 0.3 is 0 Å². The molecule has 108 valence electrons. The summed E-state index contributed by atoms with van der Waals surface area (Å²) < 4.78 is 7.17. The first kappa shape index (κ1) is 15.8. The Morgan fingerprint density at radius 3 is 2.70 bits per heavy atom. The van der Waals surface area contributed by atoms with E-state index in [-0.39, 0.29) is 12.1 Å². The summed E-state index contributed by atoms with van der Waals surface area (Å²) in [5.41, 5.74) is 7.21. The van der Waals surface area contributed by atoms with Crippen molar-refractivity contribution in [2.45, 2.75) is 32.4 Å². The largest absolute Gasteiger partial charge is 0.483 e. The lowest BCUT2D eigenvalue weighted by Gasteiger charge is -2.23. The van der Waals surface area contributed by atoms with Crippen LogP contribution in [0.4, 0.5) is 0 Å². The highest BCUT2D eigenvalue weighted by atomic mass is 79.9. The molecule has 0 bridgehead atoms. The lowest BCUT2D eigenvalue weighted by molar-refractivity contribution is 0.174. The van der Waals surface area contributed by atoms with E-state index in [1.165, 1.54) is 0 Å². The van der Waals surface area contributed by atoms with Crippen LogP contribution in [0.5, 0.6) is 5.75 Å². The molecule has 2 nitrogen and oxygen atoms in total. The zero-order chi connectivity index (χ0) is 14.7. The van der Waals surface area contributed by atoms with Gasteiger partial charge in [-0.15, -0.1) is 11.3 Å². The molecule has 2 aromatic rings. The van der Waals surface area contributed by atoms with Gasteiger partial charge in [-0.25, -0.2) is 0 Å². The molecule has 0 fully saturated rings. The van der Waals surface area contributed by atoms with Gasteiger partial charge in [-0.3, -0.25) is 0 Å². The summed E-state index contributed by atoms with van der Waals surface area (Å²) in [5, 5.41) is 2.79. The van der Waals surface area contributed by atoms with E-state index < -0.39 is 0 Å². The van der Waals surface area contributed by atoms with Crippen molar-refractivity contribution in [3.05, 3.63) is 49.6 Å². The first-order valence-corrected chi connectivity index (χ1v) is 8.48. The predicted octanol–water partition coefficient (Wildman–Crippen LogP) is 5.33. The monoisotopic (exact) mass is 373 g/mol. The van der Waals surface area contributed by atoms with Crippen LogP contribution in [-0.2, 0) is 0 Å². The number of ether oxygens (including phenoxy) is 1. The zero-order valence-electron chi connectivity index (χ0n) is 11.4. The third kappa shape index (κ3) is 3.76. The lowest BCUT2D eigenvalue weighted by Crippen LogP contribution is -2.30. The molecule has 0 saturated carbocycles. The van der Waals surface area contributed by atoms with Crippen LogP contribution in [0, 0.1) is 6.92 Å². The second-order valence-electron chi connectivity index (χ2n) is 4.69. The lowest BCUT2D eigenvalue weighted by atomic mass is 10.1. The molecule has 1 aromatic heterocycles. The minimum Gasteiger partial charge on any atom is -0.483 e.